The Morgan fingerprint density at radius 1 is 1.12 bits per heavy atom. The van der Waals surface area contributed by atoms with Crippen molar-refractivity contribution < 1.29 is 18.7 Å². The maximum Gasteiger partial charge on any atom is 0.276 e. The van der Waals surface area contributed by atoms with Crippen molar-refractivity contribution in [3.8, 4) is 11.5 Å². The van der Waals surface area contributed by atoms with E-state index in [0.29, 0.717) is 41.2 Å². The van der Waals surface area contributed by atoms with E-state index < -0.39 is 0 Å². The molecule has 1 aliphatic rings. The summed E-state index contributed by atoms with van der Waals surface area (Å²) in [6, 6.07) is 11.0. The number of amides is 1. The van der Waals surface area contributed by atoms with Crippen LogP contribution in [0.1, 0.15) is 30.9 Å². The minimum atomic E-state index is -0.206. The zero-order chi connectivity index (χ0) is 22.5. The topological polar surface area (TPSA) is 81.8 Å². The van der Waals surface area contributed by atoms with Crippen molar-refractivity contribution in [3.05, 3.63) is 71.6 Å². The molecular formula is C23H24N4O4S. The summed E-state index contributed by atoms with van der Waals surface area (Å²) in [5.41, 5.74) is 1.28. The largest absolute Gasteiger partial charge is 0.494 e. The van der Waals surface area contributed by atoms with Crippen LogP contribution in [-0.4, -0.2) is 32.3 Å². The van der Waals surface area contributed by atoms with Gasteiger partial charge in [-0.15, -0.1) is 0 Å². The van der Waals surface area contributed by atoms with Gasteiger partial charge >= 0.3 is 0 Å². The molecule has 1 aliphatic heterocycles. The summed E-state index contributed by atoms with van der Waals surface area (Å²) in [6.45, 7) is 5.96. The van der Waals surface area contributed by atoms with Crippen LogP contribution in [0, 0.1) is 0 Å². The molecule has 0 radical (unpaired) electrons. The molecule has 166 valence electrons. The lowest BCUT2D eigenvalue weighted by Crippen LogP contribution is -2.29. The lowest BCUT2D eigenvalue weighted by Gasteiger charge is -2.12. The van der Waals surface area contributed by atoms with Crippen molar-refractivity contribution >= 4 is 29.3 Å². The zero-order valence-corrected chi connectivity index (χ0v) is 18.7. The summed E-state index contributed by atoms with van der Waals surface area (Å²) in [7, 11) is 0. The first kappa shape index (κ1) is 21.6. The van der Waals surface area contributed by atoms with E-state index in [1.54, 1.807) is 18.3 Å². The van der Waals surface area contributed by atoms with Crippen LogP contribution in [0.2, 0.25) is 0 Å². The Hall–Kier alpha value is -3.59. The molecule has 0 unspecified atom stereocenters. The smallest absolute Gasteiger partial charge is 0.276 e. The number of carbonyl (C=O) groups excluding carboxylic acids is 1. The number of nitrogens with one attached hydrogen (secondary N) is 1. The first-order valence-electron chi connectivity index (χ1n) is 10.4. The van der Waals surface area contributed by atoms with Crippen LogP contribution in [0.15, 0.2) is 58.9 Å². The van der Waals surface area contributed by atoms with Crippen LogP contribution in [-0.2, 0) is 24.5 Å². The number of aromatic nitrogens is 2. The molecule has 9 heteroatoms. The minimum Gasteiger partial charge on any atom is -0.494 e. The van der Waals surface area contributed by atoms with E-state index in [2.05, 4.69) is 10.4 Å². The van der Waals surface area contributed by atoms with Gasteiger partial charge in [-0.3, -0.25) is 14.4 Å². The Morgan fingerprint density at radius 3 is 2.56 bits per heavy atom. The lowest BCUT2D eigenvalue weighted by atomic mass is 10.3. The average Bonchev–Trinajstić information content (AvgIpc) is 3.50. The van der Waals surface area contributed by atoms with Crippen LogP contribution < -0.4 is 14.8 Å². The lowest BCUT2D eigenvalue weighted by molar-refractivity contribution is -0.122. The van der Waals surface area contributed by atoms with Gasteiger partial charge in [0.2, 0.25) is 0 Å². The highest BCUT2D eigenvalue weighted by Gasteiger charge is 2.31. The minimum absolute atomic E-state index is 0.206. The Kier molecular flexibility index (Phi) is 6.55. The van der Waals surface area contributed by atoms with Gasteiger partial charge in [0.05, 0.1) is 19.3 Å². The predicted molar refractivity (Wildman–Crippen MR) is 123 cm³/mol. The molecule has 8 nitrogen and oxygen atoms in total. The third-order valence-corrected chi connectivity index (χ3v) is 5.12. The molecule has 1 amide bonds. The summed E-state index contributed by atoms with van der Waals surface area (Å²) >= 11 is 5.34. The Morgan fingerprint density at radius 2 is 1.88 bits per heavy atom. The molecule has 0 spiro atoms. The summed E-state index contributed by atoms with van der Waals surface area (Å²) in [5.74, 6) is 2.48. The molecule has 3 aromatic rings. The molecule has 0 bridgehead atoms. The quantitative estimate of drug-likeness (QED) is 0.391. The van der Waals surface area contributed by atoms with Gasteiger partial charge in [-0.25, -0.2) is 0 Å². The van der Waals surface area contributed by atoms with Crippen LogP contribution >= 0.6 is 12.2 Å². The molecule has 4 rings (SSSR count). The fourth-order valence-electron chi connectivity index (χ4n) is 3.20. The molecule has 1 fully saturated rings. The summed E-state index contributed by atoms with van der Waals surface area (Å²) in [6.07, 6.45) is 5.29. The first-order chi connectivity index (χ1) is 15.6. The van der Waals surface area contributed by atoms with Crippen molar-refractivity contribution in [2.75, 3.05) is 6.61 Å². The second-order valence-corrected chi connectivity index (χ2v) is 7.47. The number of furan rings is 1. The molecular weight excluding hydrogens is 428 g/mol. The monoisotopic (exact) mass is 452 g/mol. The Labute approximate surface area is 191 Å². The summed E-state index contributed by atoms with van der Waals surface area (Å²) in [5, 5.41) is 7.56. The molecule has 0 saturated carbocycles. The fraction of sp³-hybridized carbons (Fsp3) is 0.261. The molecule has 3 heterocycles. The second-order valence-electron chi connectivity index (χ2n) is 7.08. The zero-order valence-electron chi connectivity index (χ0n) is 17.9. The van der Waals surface area contributed by atoms with Gasteiger partial charge in [0.1, 0.15) is 35.3 Å². The van der Waals surface area contributed by atoms with Crippen LogP contribution in [0.5, 0.6) is 11.5 Å². The van der Waals surface area contributed by atoms with Crippen molar-refractivity contribution in [2.45, 2.75) is 33.5 Å². The second kappa shape index (κ2) is 9.69. The van der Waals surface area contributed by atoms with Gasteiger partial charge in [-0.2, -0.15) is 5.10 Å². The number of ether oxygens (including phenoxy) is 2. The van der Waals surface area contributed by atoms with E-state index in [4.69, 9.17) is 26.1 Å². The van der Waals surface area contributed by atoms with Gasteiger partial charge in [0, 0.05) is 24.4 Å². The van der Waals surface area contributed by atoms with Crippen LogP contribution in [0.4, 0.5) is 0 Å². The predicted octanol–water partition coefficient (Wildman–Crippen LogP) is 3.73. The maximum atomic E-state index is 12.8. The molecule has 0 aliphatic carbocycles. The van der Waals surface area contributed by atoms with E-state index in [1.165, 1.54) is 4.90 Å². The van der Waals surface area contributed by atoms with Gasteiger partial charge in [0.25, 0.3) is 5.91 Å². The number of hydrogen-bond acceptors (Lipinski definition) is 6. The van der Waals surface area contributed by atoms with E-state index in [9.17, 15) is 4.79 Å². The fourth-order valence-corrected chi connectivity index (χ4v) is 3.46. The molecule has 2 aromatic heterocycles. The van der Waals surface area contributed by atoms with Crippen LogP contribution in [0.3, 0.4) is 0 Å². The van der Waals surface area contributed by atoms with Gasteiger partial charge in [-0.1, -0.05) is 0 Å². The van der Waals surface area contributed by atoms with Crippen molar-refractivity contribution in [3.63, 3.8) is 0 Å². The van der Waals surface area contributed by atoms with Crippen molar-refractivity contribution in [2.24, 2.45) is 0 Å². The first-order valence-corrected chi connectivity index (χ1v) is 10.8. The number of nitrogens with zero attached hydrogens (tertiary/aromatic N) is 3. The Bertz CT molecular complexity index is 1130. The number of aryl methyl sites for hydroxylation is 1. The van der Waals surface area contributed by atoms with Gasteiger partial charge in [-0.05, 0) is 62.5 Å². The molecule has 32 heavy (non-hydrogen) atoms. The number of benzene rings is 1. The highest BCUT2D eigenvalue weighted by molar-refractivity contribution is 7.80. The van der Waals surface area contributed by atoms with E-state index in [1.807, 2.05) is 55.1 Å². The number of hydrogen-bond donors (Lipinski definition) is 1. The molecule has 1 N–H and O–H groups in total. The van der Waals surface area contributed by atoms with Crippen LogP contribution in [0.25, 0.3) is 6.08 Å². The normalized spacial score (nSPS) is 14.8. The van der Waals surface area contributed by atoms with Crippen molar-refractivity contribution in [1.29, 1.82) is 0 Å². The van der Waals surface area contributed by atoms with E-state index in [0.717, 1.165) is 17.9 Å². The SMILES string of the molecule is CCOc1ccc(OCc2ccc(/C=C3/NC(=S)N(Cc4cnn(CC)c4)C3=O)o2)cc1. The van der Waals surface area contributed by atoms with E-state index >= 15 is 0 Å². The van der Waals surface area contributed by atoms with Crippen molar-refractivity contribution in [1.82, 2.24) is 20.0 Å². The summed E-state index contributed by atoms with van der Waals surface area (Å²) in [4.78, 5) is 14.3. The number of thiocarbonyl (C=S) groups is 1. The maximum absolute atomic E-state index is 12.8. The third-order valence-electron chi connectivity index (χ3n) is 4.80. The highest BCUT2D eigenvalue weighted by atomic mass is 32.1. The van der Waals surface area contributed by atoms with Gasteiger partial charge in [0.15, 0.2) is 5.11 Å². The van der Waals surface area contributed by atoms with Gasteiger partial charge < -0.3 is 19.2 Å². The third kappa shape index (κ3) is 5.00. The number of carbonyl (C=O) groups is 1. The summed E-state index contributed by atoms with van der Waals surface area (Å²) < 4.78 is 18.8. The number of rotatable bonds is 9. The Balaban J connectivity index is 1.36. The highest BCUT2D eigenvalue weighted by Crippen LogP contribution is 2.21. The molecule has 0 atom stereocenters. The standard InChI is InChI=1S/C23H24N4O4S/c1-3-26-13-16(12-24-26)14-27-22(28)21(25-23(27)32)11-19-9-10-20(31-19)15-30-18-7-5-17(6-8-18)29-4-2/h5-13H,3-4,14-15H2,1-2H3,(H,25,32)/b21-11+. The van der Waals surface area contributed by atoms with E-state index in [-0.39, 0.29) is 12.5 Å². The molecule has 1 saturated heterocycles. The molecule has 1 aromatic carbocycles. The average molecular weight is 453 g/mol.